The van der Waals surface area contributed by atoms with Crippen molar-refractivity contribution in [2.45, 2.75) is 6.92 Å². The van der Waals surface area contributed by atoms with Gasteiger partial charge in [-0.3, -0.25) is 4.98 Å². The summed E-state index contributed by atoms with van der Waals surface area (Å²) >= 11 is 1.41. The third-order valence-corrected chi connectivity index (χ3v) is 3.65. The maximum Gasteiger partial charge on any atom is 0.235 e. The molecule has 4 aromatic rings. The quantitative estimate of drug-likeness (QED) is 0.561. The van der Waals surface area contributed by atoms with Crippen molar-refractivity contribution < 1.29 is 4.52 Å². The van der Waals surface area contributed by atoms with E-state index in [0.29, 0.717) is 16.5 Å². The van der Waals surface area contributed by atoms with E-state index in [1.54, 1.807) is 10.7 Å². The molecule has 8 heteroatoms. The van der Waals surface area contributed by atoms with Crippen LogP contribution in [0.4, 0.5) is 0 Å². The average Bonchev–Trinajstić information content (AvgIpc) is 3.13. The third-order valence-electron chi connectivity index (χ3n) is 2.73. The van der Waals surface area contributed by atoms with Crippen LogP contribution in [0.25, 0.3) is 27.2 Å². The molecule has 0 amide bonds. The maximum absolute atomic E-state index is 5.07. The maximum atomic E-state index is 5.07. The van der Waals surface area contributed by atoms with E-state index in [0.717, 1.165) is 16.5 Å². The molecular weight excluding hydrogens is 276 g/mol. The van der Waals surface area contributed by atoms with Crippen LogP contribution < -0.4 is 0 Å². The molecule has 0 aliphatic heterocycles. The Morgan fingerprint density at radius 3 is 2.90 bits per heavy atom. The summed E-state index contributed by atoms with van der Waals surface area (Å²) in [6.07, 6.45) is 1.71. The number of rotatable bonds is 2. The molecule has 0 aliphatic rings. The van der Waals surface area contributed by atoms with Crippen LogP contribution in [0, 0.1) is 6.92 Å². The van der Waals surface area contributed by atoms with Crippen LogP contribution in [-0.2, 0) is 0 Å². The molecule has 0 unspecified atom stereocenters. The third kappa shape index (κ3) is 1.69. The van der Waals surface area contributed by atoms with Crippen LogP contribution in [0.2, 0.25) is 0 Å². The van der Waals surface area contributed by atoms with Gasteiger partial charge in [0.05, 0.1) is 0 Å². The highest BCUT2D eigenvalue weighted by molar-refractivity contribution is 7.19. The number of fused-ring (bicyclic) bond motifs is 1. The summed E-state index contributed by atoms with van der Waals surface area (Å²) < 4.78 is 6.74. The Kier molecular flexibility index (Phi) is 2.36. The molecular formula is C12H8N6OS. The van der Waals surface area contributed by atoms with Gasteiger partial charge in [0.15, 0.2) is 5.01 Å². The smallest absolute Gasteiger partial charge is 0.235 e. The summed E-state index contributed by atoms with van der Waals surface area (Å²) in [6.45, 7) is 1.84. The molecule has 4 aromatic heterocycles. The summed E-state index contributed by atoms with van der Waals surface area (Å²) in [5.74, 6) is 1.36. The molecule has 4 heterocycles. The van der Waals surface area contributed by atoms with Gasteiger partial charge in [-0.1, -0.05) is 22.6 Å². The zero-order chi connectivity index (χ0) is 13.5. The second-order valence-corrected chi connectivity index (χ2v) is 5.12. The molecule has 0 spiro atoms. The van der Waals surface area contributed by atoms with E-state index >= 15 is 0 Å². The first kappa shape index (κ1) is 11.2. The van der Waals surface area contributed by atoms with Gasteiger partial charge in [-0.2, -0.15) is 9.61 Å². The van der Waals surface area contributed by atoms with Gasteiger partial charge in [0.25, 0.3) is 0 Å². The van der Waals surface area contributed by atoms with Crippen LogP contribution in [0.15, 0.2) is 35.0 Å². The molecule has 0 aliphatic carbocycles. The van der Waals surface area contributed by atoms with Crippen LogP contribution in [-0.4, -0.2) is 30.0 Å². The number of nitrogens with zero attached hydrogens (tertiary/aromatic N) is 6. The van der Waals surface area contributed by atoms with Crippen LogP contribution >= 0.6 is 11.3 Å². The lowest BCUT2D eigenvalue weighted by Gasteiger charge is -1.93. The minimum absolute atomic E-state index is 0.614. The molecule has 0 aromatic carbocycles. The van der Waals surface area contributed by atoms with Crippen LogP contribution in [0.1, 0.15) is 5.76 Å². The van der Waals surface area contributed by atoms with E-state index in [2.05, 4.69) is 25.4 Å². The van der Waals surface area contributed by atoms with Gasteiger partial charge in [0, 0.05) is 12.3 Å². The minimum atomic E-state index is 0.614. The lowest BCUT2D eigenvalue weighted by molar-refractivity contribution is 0.399. The van der Waals surface area contributed by atoms with E-state index < -0.39 is 0 Å². The van der Waals surface area contributed by atoms with E-state index in [9.17, 15) is 0 Å². The van der Waals surface area contributed by atoms with Crippen LogP contribution in [0.5, 0.6) is 0 Å². The topological polar surface area (TPSA) is 82.0 Å². The number of hydrogen-bond donors (Lipinski definition) is 0. The molecule has 20 heavy (non-hydrogen) atoms. The predicted molar refractivity (Wildman–Crippen MR) is 72.1 cm³/mol. The lowest BCUT2D eigenvalue weighted by Crippen LogP contribution is -1.92. The fourth-order valence-electron chi connectivity index (χ4n) is 1.84. The molecule has 0 radical (unpaired) electrons. The van der Waals surface area contributed by atoms with E-state index in [1.165, 1.54) is 11.3 Å². The summed E-state index contributed by atoms with van der Waals surface area (Å²) in [7, 11) is 0. The fourth-order valence-corrected chi connectivity index (χ4v) is 2.63. The summed E-state index contributed by atoms with van der Waals surface area (Å²) in [6, 6.07) is 7.46. The lowest BCUT2D eigenvalue weighted by atomic mass is 10.3. The first-order chi connectivity index (χ1) is 9.81. The van der Waals surface area contributed by atoms with E-state index in [4.69, 9.17) is 4.52 Å². The van der Waals surface area contributed by atoms with E-state index in [1.807, 2.05) is 31.2 Å². The Morgan fingerprint density at radius 2 is 2.15 bits per heavy atom. The molecule has 0 fully saturated rings. The van der Waals surface area contributed by atoms with E-state index in [-0.39, 0.29) is 0 Å². The Balaban J connectivity index is 1.87. The highest BCUT2D eigenvalue weighted by Crippen LogP contribution is 2.26. The molecule has 0 saturated heterocycles. The summed E-state index contributed by atoms with van der Waals surface area (Å²) in [4.78, 5) is 4.96. The van der Waals surface area contributed by atoms with Gasteiger partial charge in [-0.25, -0.2) is 0 Å². The van der Waals surface area contributed by atoms with Gasteiger partial charge >= 0.3 is 0 Å². The molecule has 0 atom stereocenters. The van der Waals surface area contributed by atoms with Crippen molar-refractivity contribution in [2.24, 2.45) is 0 Å². The molecule has 0 saturated carbocycles. The van der Waals surface area contributed by atoms with Crippen molar-refractivity contribution in [2.75, 3.05) is 0 Å². The Hall–Kier alpha value is -2.61. The van der Waals surface area contributed by atoms with Gasteiger partial charge < -0.3 is 4.52 Å². The first-order valence-electron chi connectivity index (χ1n) is 5.88. The van der Waals surface area contributed by atoms with Crippen molar-refractivity contribution in [3.63, 3.8) is 0 Å². The fraction of sp³-hybridized carbons (Fsp3) is 0.0833. The summed E-state index contributed by atoms with van der Waals surface area (Å²) in [5.41, 5.74) is 1.43. The highest BCUT2D eigenvalue weighted by atomic mass is 32.1. The second-order valence-electron chi connectivity index (χ2n) is 4.16. The minimum Gasteiger partial charge on any atom is -0.361 e. The zero-order valence-electron chi connectivity index (χ0n) is 10.4. The number of pyridine rings is 1. The second kappa shape index (κ2) is 4.20. The molecule has 98 valence electrons. The molecule has 7 nitrogen and oxygen atoms in total. The van der Waals surface area contributed by atoms with Crippen LogP contribution in [0.3, 0.4) is 0 Å². The normalized spacial score (nSPS) is 11.2. The van der Waals surface area contributed by atoms with Gasteiger partial charge in [-0.15, -0.1) is 10.2 Å². The number of aryl methyl sites for hydroxylation is 1. The monoisotopic (exact) mass is 284 g/mol. The van der Waals surface area contributed by atoms with Crippen molar-refractivity contribution in [1.82, 2.24) is 30.0 Å². The Bertz CT molecular complexity index is 878. The molecule has 0 N–H and O–H groups in total. The van der Waals surface area contributed by atoms with Crippen molar-refractivity contribution in [3.8, 4) is 22.2 Å². The largest absolute Gasteiger partial charge is 0.361 e. The first-order valence-corrected chi connectivity index (χ1v) is 6.70. The standard InChI is InChI=1S/C12H8N6OS/c1-7-6-9(17-19-7)11-16-18-10(14-15-12(18)20-11)8-4-2-3-5-13-8/h2-6H,1H3. The molecule has 4 rings (SSSR count). The number of hydrogen-bond acceptors (Lipinski definition) is 7. The number of aromatic nitrogens is 6. The SMILES string of the molecule is Cc1cc(-c2nn3c(-c4ccccn4)nnc3s2)no1. The molecule has 0 bridgehead atoms. The predicted octanol–water partition coefficient (Wildman–Crippen LogP) is 2.21. The zero-order valence-corrected chi connectivity index (χ0v) is 11.2. The van der Waals surface area contributed by atoms with Gasteiger partial charge in [0.2, 0.25) is 10.8 Å². The highest BCUT2D eigenvalue weighted by Gasteiger charge is 2.16. The Labute approximate surface area is 116 Å². The van der Waals surface area contributed by atoms with Crippen molar-refractivity contribution in [3.05, 3.63) is 36.2 Å². The summed E-state index contributed by atoms with van der Waals surface area (Å²) in [5, 5.41) is 17.4. The van der Waals surface area contributed by atoms with Gasteiger partial charge in [-0.05, 0) is 19.1 Å². The van der Waals surface area contributed by atoms with Crippen molar-refractivity contribution >= 4 is 16.3 Å². The van der Waals surface area contributed by atoms with Gasteiger partial charge in [0.1, 0.15) is 17.1 Å². The average molecular weight is 284 g/mol. The Morgan fingerprint density at radius 1 is 1.20 bits per heavy atom. The van der Waals surface area contributed by atoms with Crippen molar-refractivity contribution in [1.29, 1.82) is 0 Å².